The molecule has 14 heavy (non-hydrogen) atoms. The Kier molecular flexibility index (Phi) is 3.81. The summed E-state index contributed by atoms with van der Waals surface area (Å²) in [5.41, 5.74) is 0. The van der Waals surface area contributed by atoms with Crippen molar-refractivity contribution in [2.45, 2.75) is 25.8 Å². The van der Waals surface area contributed by atoms with Gasteiger partial charge in [-0.25, -0.2) is 0 Å². The Labute approximate surface area is 98.4 Å². The second-order valence-electron chi connectivity index (χ2n) is 3.90. The van der Waals surface area contributed by atoms with Crippen LogP contribution in [0.1, 0.15) is 19.3 Å². The lowest BCUT2D eigenvalue weighted by molar-refractivity contribution is 0.332. The van der Waals surface area contributed by atoms with Crippen LogP contribution in [0.2, 0.25) is 0 Å². The first-order chi connectivity index (χ1) is 6.84. The Morgan fingerprint density at radius 2 is 2.29 bits per heavy atom. The van der Waals surface area contributed by atoms with E-state index in [1.807, 2.05) is 6.20 Å². The number of nitrogens with zero attached hydrogens (tertiary/aromatic N) is 2. The fraction of sp³-hybridized carbons (Fsp3) is 0.700. The van der Waals surface area contributed by atoms with Gasteiger partial charge in [0, 0.05) is 12.7 Å². The lowest BCUT2D eigenvalue weighted by atomic mass is 9.95. The molecular formula is C10H16IN3. The fourth-order valence-electron chi connectivity index (χ4n) is 1.95. The molecule has 0 radical (unpaired) electrons. The molecule has 4 heteroatoms. The minimum Gasteiger partial charge on any atom is -0.317 e. The van der Waals surface area contributed by atoms with E-state index in [0.717, 1.165) is 12.5 Å². The van der Waals surface area contributed by atoms with E-state index in [-0.39, 0.29) is 0 Å². The molecule has 2 heterocycles. The van der Waals surface area contributed by atoms with Gasteiger partial charge in [-0.1, -0.05) is 0 Å². The minimum atomic E-state index is 0.901. The van der Waals surface area contributed by atoms with Gasteiger partial charge in [-0.3, -0.25) is 4.68 Å². The highest BCUT2D eigenvalue weighted by molar-refractivity contribution is 14.1. The Hall–Kier alpha value is -0.100. The van der Waals surface area contributed by atoms with E-state index >= 15 is 0 Å². The normalized spacial score (nSPS) is 18.6. The predicted octanol–water partition coefficient (Wildman–Crippen LogP) is 1.88. The van der Waals surface area contributed by atoms with Gasteiger partial charge in [-0.2, -0.15) is 5.10 Å². The number of hydrogen-bond donors (Lipinski definition) is 1. The molecule has 78 valence electrons. The largest absolute Gasteiger partial charge is 0.317 e. The zero-order valence-electron chi connectivity index (χ0n) is 8.25. The molecule has 0 unspecified atom stereocenters. The topological polar surface area (TPSA) is 29.9 Å². The number of aromatic nitrogens is 2. The molecule has 0 atom stereocenters. The second-order valence-corrected chi connectivity index (χ2v) is 5.15. The van der Waals surface area contributed by atoms with Gasteiger partial charge < -0.3 is 5.32 Å². The van der Waals surface area contributed by atoms with E-state index < -0.39 is 0 Å². The van der Waals surface area contributed by atoms with Crippen molar-refractivity contribution < 1.29 is 0 Å². The summed E-state index contributed by atoms with van der Waals surface area (Å²) in [4.78, 5) is 0. The molecule has 0 spiro atoms. The van der Waals surface area contributed by atoms with Gasteiger partial charge in [0.2, 0.25) is 0 Å². The molecule has 1 aromatic heterocycles. The maximum Gasteiger partial charge on any atom is 0.0623 e. The van der Waals surface area contributed by atoms with Gasteiger partial charge in [0.05, 0.1) is 9.77 Å². The maximum absolute atomic E-state index is 4.29. The molecule has 1 aliphatic rings. The average Bonchev–Trinajstić information content (AvgIpc) is 2.63. The highest BCUT2D eigenvalue weighted by Crippen LogP contribution is 2.16. The zero-order chi connectivity index (χ0) is 9.80. The van der Waals surface area contributed by atoms with Crippen molar-refractivity contribution in [1.29, 1.82) is 0 Å². The summed E-state index contributed by atoms with van der Waals surface area (Å²) in [5, 5.41) is 7.69. The Morgan fingerprint density at radius 3 is 2.93 bits per heavy atom. The van der Waals surface area contributed by atoms with Crippen LogP contribution in [0.3, 0.4) is 0 Å². The summed E-state index contributed by atoms with van der Waals surface area (Å²) >= 11 is 2.30. The van der Waals surface area contributed by atoms with Crippen molar-refractivity contribution in [1.82, 2.24) is 15.1 Å². The van der Waals surface area contributed by atoms with Crippen molar-refractivity contribution >= 4 is 22.6 Å². The zero-order valence-corrected chi connectivity index (χ0v) is 10.4. The smallest absolute Gasteiger partial charge is 0.0623 e. The number of halogens is 1. The molecule has 1 fully saturated rings. The van der Waals surface area contributed by atoms with Crippen LogP contribution in [0.4, 0.5) is 0 Å². The third kappa shape index (κ3) is 2.95. The Balaban J connectivity index is 1.76. The van der Waals surface area contributed by atoms with Gasteiger partial charge in [0.25, 0.3) is 0 Å². The molecule has 2 rings (SSSR count). The lowest BCUT2D eigenvalue weighted by Crippen LogP contribution is -2.28. The van der Waals surface area contributed by atoms with Gasteiger partial charge in [-0.05, 0) is 60.9 Å². The van der Waals surface area contributed by atoms with Crippen molar-refractivity contribution in [3.8, 4) is 0 Å². The van der Waals surface area contributed by atoms with Crippen LogP contribution >= 0.6 is 22.6 Å². The third-order valence-corrected chi connectivity index (χ3v) is 3.38. The molecule has 1 N–H and O–H groups in total. The van der Waals surface area contributed by atoms with Crippen LogP contribution in [-0.2, 0) is 6.54 Å². The minimum absolute atomic E-state index is 0.901. The molecule has 1 aliphatic heterocycles. The van der Waals surface area contributed by atoms with Crippen LogP contribution in [0.5, 0.6) is 0 Å². The summed E-state index contributed by atoms with van der Waals surface area (Å²) in [5.74, 6) is 0.901. The second kappa shape index (κ2) is 5.11. The van der Waals surface area contributed by atoms with E-state index in [9.17, 15) is 0 Å². The third-order valence-electron chi connectivity index (χ3n) is 2.83. The van der Waals surface area contributed by atoms with Crippen molar-refractivity contribution in [3.05, 3.63) is 16.0 Å². The van der Waals surface area contributed by atoms with Crippen molar-refractivity contribution in [3.63, 3.8) is 0 Å². The summed E-state index contributed by atoms with van der Waals surface area (Å²) in [6, 6.07) is 0. The van der Waals surface area contributed by atoms with Crippen LogP contribution in [0.25, 0.3) is 0 Å². The summed E-state index contributed by atoms with van der Waals surface area (Å²) in [7, 11) is 0. The van der Waals surface area contributed by atoms with E-state index in [4.69, 9.17) is 0 Å². The van der Waals surface area contributed by atoms with E-state index in [1.54, 1.807) is 0 Å². The number of aryl methyl sites for hydroxylation is 1. The molecule has 0 bridgehead atoms. The molecule has 0 amide bonds. The first-order valence-electron chi connectivity index (χ1n) is 5.23. The first-order valence-corrected chi connectivity index (χ1v) is 6.31. The number of piperidine rings is 1. The summed E-state index contributed by atoms with van der Waals surface area (Å²) < 4.78 is 3.29. The van der Waals surface area contributed by atoms with Crippen molar-refractivity contribution in [2.24, 2.45) is 5.92 Å². The van der Waals surface area contributed by atoms with Gasteiger partial charge in [-0.15, -0.1) is 0 Å². The lowest BCUT2D eigenvalue weighted by Gasteiger charge is -2.22. The molecule has 1 saturated heterocycles. The molecule has 0 aliphatic carbocycles. The molecule has 0 aromatic carbocycles. The van der Waals surface area contributed by atoms with Crippen LogP contribution in [0, 0.1) is 9.49 Å². The quantitative estimate of drug-likeness (QED) is 0.864. The van der Waals surface area contributed by atoms with Gasteiger partial charge in [0.1, 0.15) is 0 Å². The maximum atomic E-state index is 4.29. The number of hydrogen-bond acceptors (Lipinski definition) is 2. The van der Waals surface area contributed by atoms with Gasteiger partial charge >= 0.3 is 0 Å². The SMILES string of the molecule is Ic1cnn(CCC2CCNCC2)c1. The highest BCUT2D eigenvalue weighted by atomic mass is 127. The highest BCUT2D eigenvalue weighted by Gasteiger charge is 2.12. The average molecular weight is 305 g/mol. The predicted molar refractivity (Wildman–Crippen MR) is 65.2 cm³/mol. The van der Waals surface area contributed by atoms with Crippen molar-refractivity contribution in [2.75, 3.05) is 13.1 Å². The standard InChI is InChI=1S/C10H16IN3/c11-10-7-13-14(8-10)6-3-9-1-4-12-5-2-9/h7-9,12H,1-6H2. The Morgan fingerprint density at radius 1 is 1.50 bits per heavy atom. The summed E-state index contributed by atoms with van der Waals surface area (Å²) in [6.45, 7) is 3.47. The monoisotopic (exact) mass is 305 g/mol. The molecular weight excluding hydrogens is 289 g/mol. The van der Waals surface area contributed by atoms with Gasteiger partial charge in [0.15, 0.2) is 0 Å². The summed E-state index contributed by atoms with van der Waals surface area (Å²) in [6.07, 6.45) is 7.97. The molecule has 3 nitrogen and oxygen atoms in total. The Bertz CT molecular complexity index is 279. The molecule has 1 aromatic rings. The van der Waals surface area contributed by atoms with E-state index in [0.29, 0.717) is 0 Å². The van der Waals surface area contributed by atoms with Crippen LogP contribution < -0.4 is 5.32 Å². The van der Waals surface area contributed by atoms with Crippen LogP contribution in [0.15, 0.2) is 12.4 Å². The fourth-order valence-corrected chi connectivity index (χ4v) is 2.39. The number of nitrogens with one attached hydrogen (secondary N) is 1. The van der Waals surface area contributed by atoms with E-state index in [2.05, 4.69) is 43.9 Å². The number of rotatable bonds is 3. The van der Waals surface area contributed by atoms with Crippen LogP contribution in [-0.4, -0.2) is 22.9 Å². The first kappa shape index (κ1) is 10.4. The van der Waals surface area contributed by atoms with E-state index in [1.165, 1.54) is 35.9 Å². The molecule has 0 saturated carbocycles.